The van der Waals surface area contributed by atoms with Gasteiger partial charge in [0.25, 0.3) is 0 Å². The topological polar surface area (TPSA) is 63.4 Å². The molecule has 2 heterocycles. The van der Waals surface area contributed by atoms with Crippen molar-refractivity contribution >= 4 is 16.5 Å². The molecule has 0 aromatic carbocycles. The Bertz CT molecular complexity index is 546. The molecule has 9 heteroatoms. The van der Waals surface area contributed by atoms with Gasteiger partial charge in [-0.05, 0) is 18.5 Å². The lowest BCUT2D eigenvalue weighted by Crippen LogP contribution is -2.49. The second-order valence-electron chi connectivity index (χ2n) is 5.32. The fourth-order valence-electron chi connectivity index (χ4n) is 2.47. The Labute approximate surface area is 130 Å². The predicted octanol–water partition coefficient (Wildman–Crippen LogP) is 1.76. The first-order valence-corrected chi connectivity index (χ1v) is 7.66. The Morgan fingerprint density at radius 2 is 2.00 bits per heavy atom. The number of halogens is 3. The number of anilines is 1. The van der Waals surface area contributed by atoms with Crippen LogP contribution in [0, 0.1) is 18.3 Å². The molecular weight excluding hydrogens is 317 g/mol. The van der Waals surface area contributed by atoms with Crippen LogP contribution in [0.1, 0.15) is 17.7 Å². The maximum atomic E-state index is 12.2. The molecule has 1 aromatic heterocycles. The van der Waals surface area contributed by atoms with Crippen LogP contribution in [-0.4, -0.2) is 59.4 Å². The summed E-state index contributed by atoms with van der Waals surface area (Å²) < 4.78 is 40.8. The molecule has 0 radical (unpaired) electrons. The summed E-state index contributed by atoms with van der Waals surface area (Å²) in [5.74, 6) is 0. The van der Waals surface area contributed by atoms with Crippen molar-refractivity contribution in [3.05, 3.63) is 11.3 Å². The first-order valence-electron chi connectivity index (χ1n) is 6.88. The van der Waals surface area contributed by atoms with Crippen molar-refractivity contribution in [1.29, 1.82) is 5.26 Å². The lowest BCUT2D eigenvalue weighted by Gasteiger charge is -2.36. The average Bonchev–Trinajstić information content (AvgIpc) is 2.78. The number of hydrogen-bond acceptors (Lipinski definition) is 6. The summed E-state index contributed by atoms with van der Waals surface area (Å²) in [6.45, 7) is 4.11. The van der Waals surface area contributed by atoms with Crippen LogP contribution in [0.15, 0.2) is 0 Å². The smallest absolute Gasteiger partial charge is 0.391 e. The van der Waals surface area contributed by atoms with Gasteiger partial charge in [-0.2, -0.15) is 22.8 Å². The van der Waals surface area contributed by atoms with E-state index < -0.39 is 18.7 Å². The van der Waals surface area contributed by atoms with Crippen LogP contribution in [0.2, 0.25) is 0 Å². The largest absolute Gasteiger partial charge is 0.391 e. The Balaban J connectivity index is 1.87. The van der Waals surface area contributed by atoms with Gasteiger partial charge in [0, 0.05) is 32.7 Å². The van der Waals surface area contributed by atoms with E-state index in [0.29, 0.717) is 37.4 Å². The molecule has 5 nitrogen and oxygen atoms in total. The Morgan fingerprint density at radius 3 is 2.55 bits per heavy atom. The van der Waals surface area contributed by atoms with Crippen LogP contribution in [0.25, 0.3) is 0 Å². The van der Waals surface area contributed by atoms with Crippen LogP contribution < -0.4 is 4.90 Å². The number of hydrogen-bond donors (Lipinski definition) is 1. The van der Waals surface area contributed by atoms with E-state index in [1.165, 1.54) is 11.5 Å². The van der Waals surface area contributed by atoms with E-state index in [0.717, 1.165) is 5.00 Å². The average molecular weight is 334 g/mol. The van der Waals surface area contributed by atoms with Crippen molar-refractivity contribution in [2.24, 2.45) is 0 Å². The molecule has 22 heavy (non-hydrogen) atoms. The SMILES string of the molecule is Cc1nsc(N2CCN(CC(O)CC(F)(F)F)CC2)c1C#N. The van der Waals surface area contributed by atoms with Gasteiger partial charge >= 0.3 is 6.18 Å². The first-order chi connectivity index (χ1) is 10.3. The molecule has 1 unspecified atom stereocenters. The minimum absolute atomic E-state index is 0.0141. The third-order valence-electron chi connectivity index (χ3n) is 3.55. The predicted molar refractivity (Wildman–Crippen MR) is 76.9 cm³/mol. The summed E-state index contributed by atoms with van der Waals surface area (Å²) >= 11 is 1.27. The molecule has 1 aromatic rings. The number of aromatic nitrogens is 1. The standard InChI is InChI=1S/C13H17F3N4OS/c1-9-11(7-17)12(22-18-9)20-4-2-19(3-5-20)8-10(21)6-13(14,15)16/h10,21H,2-6,8H2,1H3. The van der Waals surface area contributed by atoms with Gasteiger partial charge in [-0.15, -0.1) is 0 Å². The molecule has 2 rings (SSSR count). The highest BCUT2D eigenvalue weighted by Crippen LogP contribution is 2.29. The van der Waals surface area contributed by atoms with Crippen LogP contribution in [0.5, 0.6) is 0 Å². The van der Waals surface area contributed by atoms with E-state index in [4.69, 9.17) is 5.26 Å². The molecule has 0 saturated carbocycles. The maximum Gasteiger partial charge on any atom is 0.391 e. The molecule has 1 fully saturated rings. The van der Waals surface area contributed by atoms with Gasteiger partial charge in [-0.3, -0.25) is 4.90 Å². The molecule has 1 saturated heterocycles. The highest BCUT2D eigenvalue weighted by Gasteiger charge is 2.32. The van der Waals surface area contributed by atoms with Crippen LogP contribution >= 0.6 is 11.5 Å². The summed E-state index contributed by atoms with van der Waals surface area (Å²) in [5.41, 5.74) is 1.26. The molecule has 1 aliphatic rings. The number of rotatable bonds is 4. The van der Waals surface area contributed by atoms with Gasteiger partial charge < -0.3 is 10.0 Å². The normalized spacial score (nSPS) is 18.3. The highest BCUT2D eigenvalue weighted by atomic mass is 32.1. The second kappa shape index (κ2) is 6.81. The van der Waals surface area contributed by atoms with E-state index >= 15 is 0 Å². The number of aliphatic hydroxyl groups excluding tert-OH is 1. The van der Waals surface area contributed by atoms with E-state index in [1.54, 1.807) is 6.92 Å². The third kappa shape index (κ3) is 4.32. The minimum Gasteiger partial charge on any atom is -0.391 e. The summed E-state index contributed by atoms with van der Waals surface area (Å²) in [6.07, 6.45) is -6.92. The maximum absolute atomic E-state index is 12.2. The fraction of sp³-hybridized carbons (Fsp3) is 0.692. The van der Waals surface area contributed by atoms with Crippen LogP contribution in [0.4, 0.5) is 18.2 Å². The highest BCUT2D eigenvalue weighted by molar-refractivity contribution is 7.10. The number of aryl methyl sites for hydroxylation is 1. The molecule has 1 atom stereocenters. The van der Waals surface area contributed by atoms with E-state index in [-0.39, 0.29) is 6.54 Å². The van der Waals surface area contributed by atoms with Crippen molar-refractivity contribution in [3.8, 4) is 6.07 Å². The minimum atomic E-state index is -4.34. The number of alkyl halides is 3. The third-order valence-corrected chi connectivity index (χ3v) is 4.55. The molecule has 0 aliphatic carbocycles. The summed E-state index contributed by atoms with van der Waals surface area (Å²) in [5, 5.41) is 19.4. The summed E-state index contributed by atoms with van der Waals surface area (Å²) in [7, 11) is 0. The van der Waals surface area contributed by atoms with Crippen LogP contribution in [0.3, 0.4) is 0 Å². The molecule has 0 spiro atoms. The molecule has 122 valence electrons. The van der Waals surface area contributed by atoms with Crippen molar-refractivity contribution in [1.82, 2.24) is 9.27 Å². The van der Waals surface area contributed by atoms with E-state index in [2.05, 4.69) is 10.4 Å². The molecular formula is C13H17F3N4OS. The van der Waals surface area contributed by atoms with Gasteiger partial charge in [0.2, 0.25) is 0 Å². The van der Waals surface area contributed by atoms with Gasteiger partial charge in [-0.25, -0.2) is 0 Å². The van der Waals surface area contributed by atoms with Gasteiger partial charge in [0.1, 0.15) is 16.6 Å². The summed E-state index contributed by atoms with van der Waals surface area (Å²) in [6, 6.07) is 2.14. The van der Waals surface area contributed by atoms with Gasteiger partial charge in [-0.1, -0.05) is 0 Å². The Morgan fingerprint density at radius 1 is 1.36 bits per heavy atom. The number of nitrogens with zero attached hydrogens (tertiary/aromatic N) is 4. The zero-order valence-electron chi connectivity index (χ0n) is 12.1. The summed E-state index contributed by atoms with van der Waals surface area (Å²) in [4.78, 5) is 3.84. The lowest BCUT2D eigenvalue weighted by atomic mass is 10.2. The first kappa shape index (κ1) is 17.0. The Hall–Kier alpha value is -1.37. The van der Waals surface area contributed by atoms with E-state index in [1.807, 2.05) is 9.80 Å². The number of piperazine rings is 1. The van der Waals surface area contributed by atoms with Crippen molar-refractivity contribution in [2.45, 2.75) is 25.6 Å². The monoisotopic (exact) mass is 334 g/mol. The van der Waals surface area contributed by atoms with Crippen molar-refractivity contribution in [3.63, 3.8) is 0 Å². The number of aliphatic hydroxyl groups is 1. The van der Waals surface area contributed by atoms with E-state index in [9.17, 15) is 18.3 Å². The van der Waals surface area contributed by atoms with Crippen molar-refractivity contribution in [2.75, 3.05) is 37.6 Å². The molecule has 0 amide bonds. The van der Waals surface area contributed by atoms with Crippen LogP contribution in [-0.2, 0) is 0 Å². The lowest BCUT2D eigenvalue weighted by molar-refractivity contribution is -0.155. The quantitative estimate of drug-likeness (QED) is 0.909. The number of β-amino-alcohol motifs (C(OH)–C–C–N with tert-alkyl or cyclic N) is 1. The fourth-order valence-corrected chi connectivity index (χ4v) is 3.36. The number of nitriles is 1. The van der Waals surface area contributed by atoms with Gasteiger partial charge in [0.05, 0.1) is 18.2 Å². The zero-order valence-corrected chi connectivity index (χ0v) is 12.9. The molecule has 1 N–H and O–H groups in total. The molecule has 0 bridgehead atoms. The second-order valence-corrected chi connectivity index (χ2v) is 6.07. The Kier molecular flexibility index (Phi) is 5.26. The van der Waals surface area contributed by atoms with Gasteiger partial charge in [0.15, 0.2) is 0 Å². The molecule has 1 aliphatic heterocycles. The zero-order chi connectivity index (χ0) is 16.3. The van der Waals surface area contributed by atoms with Crippen molar-refractivity contribution < 1.29 is 18.3 Å².